The summed E-state index contributed by atoms with van der Waals surface area (Å²) in [6.07, 6.45) is 2.73. The minimum absolute atomic E-state index is 0.137. The number of aryl methyl sites for hydroxylation is 1. The second kappa shape index (κ2) is 12.7. The first-order valence-corrected chi connectivity index (χ1v) is 14.2. The Morgan fingerprint density at radius 1 is 1.30 bits per heavy atom. The van der Waals surface area contributed by atoms with Crippen molar-refractivity contribution in [1.29, 1.82) is 0 Å². The topological polar surface area (TPSA) is 107 Å². The standard InChI is InChI=1S/C30H37N5O4S/c1-7-21-15-35(29(37)24(21)8-2)26(18(3)4)30(38)34-16-23(36)13-25(34)28(33-39-6)31-14-20-9-11-22(12-10-20)27-19(5)32-17-40-27/h7-12,17-18,23,25-26,36H,1-2,13-16H2,3-6H3,(H,31,33)/t23-,25+,26+/m1/s1. The van der Waals surface area contributed by atoms with E-state index in [2.05, 4.69) is 23.6 Å². The molecule has 2 aliphatic heterocycles. The number of carbonyl (C=O) groups excluding carboxylic acids is 2. The van der Waals surface area contributed by atoms with Crippen molar-refractivity contribution in [3.63, 3.8) is 0 Å². The summed E-state index contributed by atoms with van der Waals surface area (Å²) in [4.78, 5) is 45.9. The number of β-amino-alcohol motifs (C(OH)–C–C–N with tert-alkyl or cyclic N) is 1. The van der Waals surface area contributed by atoms with Gasteiger partial charge in [-0.3, -0.25) is 24.9 Å². The van der Waals surface area contributed by atoms with Gasteiger partial charge in [0.2, 0.25) is 5.91 Å². The van der Waals surface area contributed by atoms with Crippen LogP contribution in [0.15, 0.2) is 71.2 Å². The fraction of sp³-hybridized carbons (Fsp3) is 0.400. The number of likely N-dealkylation sites (tertiary alicyclic amines) is 1. The molecule has 0 unspecified atom stereocenters. The lowest BCUT2D eigenvalue weighted by molar-refractivity contribution is -0.144. The number of carbonyl (C=O) groups is 2. The van der Waals surface area contributed by atoms with E-state index >= 15 is 0 Å². The Labute approximate surface area is 239 Å². The van der Waals surface area contributed by atoms with Crippen molar-refractivity contribution in [3.05, 3.63) is 77.5 Å². The molecule has 2 N–H and O–H groups in total. The first-order valence-electron chi connectivity index (χ1n) is 13.3. The highest BCUT2D eigenvalue weighted by Crippen LogP contribution is 2.30. The van der Waals surface area contributed by atoms with E-state index in [0.29, 0.717) is 24.4 Å². The molecule has 0 bridgehead atoms. The summed E-state index contributed by atoms with van der Waals surface area (Å²) in [7, 11) is 1.48. The molecule has 10 heteroatoms. The molecule has 40 heavy (non-hydrogen) atoms. The average Bonchev–Trinajstić information content (AvgIpc) is 3.63. The van der Waals surface area contributed by atoms with Crippen LogP contribution < -0.4 is 5.48 Å². The molecule has 1 saturated heterocycles. The third-order valence-corrected chi connectivity index (χ3v) is 8.30. The van der Waals surface area contributed by atoms with E-state index in [-0.39, 0.29) is 30.8 Å². The second-order valence-electron chi connectivity index (χ2n) is 10.3. The van der Waals surface area contributed by atoms with Crippen molar-refractivity contribution in [2.24, 2.45) is 10.9 Å². The molecule has 3 atom stereocenters. The molecule has 0 aliphatic carbocycles. The van der Waals surface area contributed by atoms with Gasteiger partial charge in [-0.1, -0.05) is 63.4 Å². The summed E-state index contributed by atoms with van der Waals surface area (Å²) in [6.45, 7) is 14.2. The van der Waals surface area contributed by atoms with Crippen LogP contribution in [0.4, 0.5) is 0 Å². The zero-order valence-electron chi connectivity index (χ0n) is 23.5. The van der Waals surface area contributed by atoms with Gasteiger partial charge in [0.25, 0.3) is 5.91 Å². The van der Waals surface area contributed by atoms with Gasteiger partial charge in [-0.25, -0.2) is 4.98 Å². The first kappa shape index (κ1) is 29.4. The summed E-state index contributed by atoms with van der Waals surface area (Å²) >= 11 is 1.61. The summed E-state index contributed by atoms with van der Waals surface area (Å²) < 4.78 is 0. The fourth-order valence-electron chi connectivity index (χ4n) is 5.34. The van der Waals surface area contributed by atoms with Crippen LogP contribution in [0.25, 0.3) is 10.4 Å². The lowest BCUT2D eigenvalue weighted by Crippen LogP contribution is -2.56. The van der Waals surface area contributed by atoms with Gasteiger partial charge in [-0.2, -0.15) is 0 Å². The number of nitrogens with one attached hydrogen (secondary N) is 1. The van der Waals surface area contributed by atoms with Gasteiger partial charge in [0, 0.05) is 25.1 Å². The Morgan fingerprint density at radius 3 is 2.58 bits per heavy atom. The zero-order chi connectivity index (χ0) is 29.0. The number of hydroxylamine groups is 1. The van der Waals surface area contributed by atoms with Crippen LogP contribution in [-0.2, 0) is 21.0 Å². The van der Waals surface area contributed by atoms with Crippen LogP contribution in [0, 0.1) is 12.8 Å². The van der Waals surface area contributed by atoms with Gasteiger partial charge in [-0.05, 0) is 29.5 Å². The molecule has 3 heterocycles. The van der Waals surface area contributed by atoms with E-state index in [1.54, 1.807) is 27.2 Å². The largest absolute Gasteiger partial charge is 0.391 e. The predicted molar refractivity (Wildman–Crippen MR) is 157 cm³/mol. The van der Waals surface area contributed by atoms with Crippen molar-refractivity contribution in [2.75, 3.05) is 20.2 Å². The van der Waals surface area contributed by atoms with Crippen molar-refractivity contribution in [2.45, 2.75) is 51.9 Å². The fourth-order valence-corrected chi connectivity index (χ4v) is 6.15. The van der Waals surface area contributed by atoms with Gasteiger partial charge in [-0.15, -0.1) is 11.3 Å². The maximum atomic E-state index is 14.0. The van der Waals surface area contributed by atoms with E-state index in [1.165, 1.54) is 13.2 Å². The van der Waals surface area contributed by atoms with Crippen molar-refractivity contribution >= 4 is 29.0 Å². The number of hydrogen-bond acceptors (Lipinski definition) is 7. The number of nitrogens with zero attached hydrogens (tertiary/aromatic N) is 4. The van der Waals surface area contributed by atoms with Gasteiger partial charge in [0.1, 0.15) is 11.9 Å². The zero-order valence-corrected chi connectivity index (χ0v) is 24.3. The van der Waals surface area contributed by atoms with E-state index < -0.39 is 18.2 Å². The van der Waals surface area contributed by atoms with Crippen LogP contribution in [-0.4, -0.2) is 75.9 Å². The van der Waals surface area contributed by atoms with Crippen molar-refractivity contribution in [1.82, 2.24) is 20.3 Å². The molecule has 4 rings (SSSR count). The highest BCUT2D eigenvalue weighted by molar-refractivity contribution is 7.13. The molecule has 0 spiro atoms. The molecular weight excluding hydrogens is 526 g/mol. The Morgan fingerprint density at radius 2 is 2.02 bits per heavy atom. The molecule has 9 nitrogen and oxygen atoms in total. The van der Waals surface area contributed by atoms with E-state index in [1.807, 2.05) is 50.5 Å². The number of thiazole rings is 1. The average molecular weight is 564 g/mol. The molecule has 212 valence electrons. The van der Waals surface area contributed by atoms with E-state index in [0.717, 1.165) is 27.3 Å². The molecule has 2 aromatic rings. The Balaban J connectivity index is 1.56. The maximum Gasteiger partial charge on any atom is 0.255 e. The number of aliphatic hydroxyl groups is 1. The SMILES string of the molecule is C=CC1=C(C=C)C(=O)N([C@H](C(=O)N2C[C@H](O)C[C@H]2C(=NCc2ccc(-c3scnc3C)cc2)NOC)C(C)C)C1. The minimum Gasteiger partial charge on any atom is -0.391 e. The number of hydrogen-bond donors (Lipinski definition) is 2. The summed E-state index contributed by atoms with van der Waals surface area (Å²) in [5, 5.41) is 10.6. The Bertz CT molecular complexity index is 1330. The lowest BCUT2D eigenvalue weighted by atomic mass is 10.00. The predicted octanol–water partition coefficient (Wildman–Crippen LogP) is 3.67. The molecule has 0 saturated carbocycles. The Kier molecular flexibility index (Phi) is 9.34. The monoisotopic (exact) mass is 563 g/mol. The molecule has 2 aliphatic rings. The number of amidine groups is 1. The second-order valence-corrected chi connectivity index (χ2v) is 11.2. The molecule has 1 fully saturated rings. The number of aliphatic hydroxyl groups excluding tert-OH is 1. The van der Waals surface area contributed by atoms with Crippen LogP contribution in [0.5, 0.6) is 0 Å². The number of amides is 2. The van der Waals surface area contributed by atoms with Gasteiger partial charge in [0.05, 0.1) is 41.9 Å². The minimum atomic E-state index is -0.729. The number of benzene rings is 1. The molecular formula is C30H37N5O4S. The van der Waals surface area contributed by atoms with Gasteiger partial charge >= 0.3 is 0 Å². The molecule has 1 aromatic heterocycles. The van der Waals surface area contributed by atoms with E-state index in [9.17, 15) is 14.7 Å². The van der Waals surface area contributed by atoms with Crippen molar-refractivity contribution < 1.29 is 19.5 Å². The number of aromatic nitrogens is 1. The highest BCUT2D eigenvalue weighted by atomic mass is 32.1. The number of aliphatic imine (C=N–C) groups is 1. The third-order valence-electron chi connectivity index (χ3n) is 7.33. The normalized spacial score (nSPS) is 20.4. The van der Waals surface area contributed by atoms with Crippen LogP contribution in [0.3, 0.4) is 0 Å². The highest BCUT2D eigenvalue weighted by Gasteiger charge is 2.45. The van der Waals surface area contributed by atoms with Crippen LogP contribution >= 0.6 is 11.3 Å². The summed E-state index contributed by atoms with van der Waals surface area (Å²) in [5.41, 5.74) is 8.98. The lowest BCUT2D eigenvalue weighted by Gasteiger charge is -2.36. The van der Waals surface area contributed by atoms with Gasteiger partial charge < -0.3 is 14.9 Å². The molecule has 2 amide bonds. The molecule has 1 aromatic carbocycles. The Hall–Kier alpha value is -3.60. The quantitative estimate of drug-likeness (QED) is 0.260. The van der Waals surface area contributed by atoms with Crippen LogP contribution in [0.1, 0.15) is 31.5 Å². The maximum absolute atomic E-state index is 14.0. The first-order chi connectivity index (χ1) is 19.2. The summed E-state index contributed by atoms with van der Waals surface area (Å²) in [6, 6.07) is 6.87. The summed E-state index contributed by atoms with van der Waals surface area (Å²) in [5.74, 6) is -0.203. The van der Waals surface area contributed by atoms with Gasteiger partial charge in [0.15, 0.2) is 0 Å². The smallest absolute Gasteiger partial charge is 0.255 e. The van der Waals surface area contributed by atoms with E-state index in [4.69, 9.17) is 9.83 Å². The third kappa shape index (κ3) is 5.94. The van der Waals surface area contributed by atoms with Crippen molar-refractivity contribution in [3.8, 4) is 10.4 Å². The van der Waals surface area contributed by atoms with Crippen LogP contribution in [0.2, 0.25) is 0 Å². The number of rotatable bonds is 10. The molecule has 0 radical (unpaired) electrons.